The Morgan fingerprint density at radius 1 is 0.738 bits per heavy atom. The average molecular weight is 1000 g/mol. The predicted molar refractivity (Wildman–Crippen MR) is 267 cm³/mol. The zero-order chi connectivity index (χ0) is 45.9. The van der Waals surface area contributed by atoms with Crippen LogP contribution in [-0.2, 0) is 0 Å². The number of nitrogens with two attached hydrogens (primary N) is 1. The van der Waals surface area contributed by atoms with Crippen molar-refractivity contribution in [2.24, 2.45) is 17.6 Å². The molecule has 4 unspecified atom stereocenters. The number of rotatable bonds is 16. The summed E-state index contributed by atoms with van der Waals surface area (Å²) in [5, 5.41) is 11.5. The smallest absolute Gasteiger partial charge is 0.147 e. The summed E-state index contributed by atoms with van der Waals surface area (Å²) in [7, 11) is 1.88. The number of aromatic nitrogens is 2. The van der Waals surface area contributed by atoms with Crippen LogP contribution in [-0.4, -0.2) is 48.7 Å². The number of allylic oxidation sites excluding steroid dienone is 2. The van der Waals surface area contributed by atoms with Crippen LogP contribution in [0.2, 0.25) is 10.0 Å². The molecule has 2 aliphatic rings. The zero-order valence-electron chi connectivity index (χ0n) is 35.5. The number of thiazole rings is 2. The van der Waals surface area contributed by atoms with Gasteiger partial charge in [-0.25, -0.2) is 27.5 Å². The Morgan fingerprint density at radius 2 is 1.28 bits per heavy atom. The average Bonchev–Trinajstić information content (AvgIpc) is 4.04. The van der Waals surface area contributed by atoms with Gasteiger partial charge >= 0.3 is 0 Å². The van der Waals surface area contributed by atoms with Crippen molar-refractivity contribution in [3.63, 3.8) is 0 Å². The predicted octanol–water partition coefficient (Wildman–Crippen LogP) is 13.5. The molecule has 6 aromatic rings. The van der Waals surface area contributed by atoms with Crippen LogP contribution in [0.3, 0.4) is 0 Å². The fourth-order valence-electron chi connectivity index (χ4n) is 7.93. The molecule has 2 aliphatic carbocycles. The van der Waals surface area contributed by atoms with Gasteiger partial charge < -0.3 is 30.7 Å². The van der Waals surface area contributed by atoms with Crippen molar-refractivity contribution in [2.75, 3.05) is 46.3 Å². The quantitative estimate of drug-likeness (QED) is 0.0476. The third-order valence-corrected chi connectivity index (χ3v) is 14.6. The second-order valence-electron chi connectivity index (χ2n) is 15.4. The van der Waals surface area contributed by atoms with Gasteiger partial charge in [-0.3, -0.25) is 0 Å². The summed E-state index contributed by atoms with van der Waals surface area (Å²) in [4.78, 5) is 11.0. The summed E-state index contributed by atoms with van der Waals surface area (Å²) in [5.74, 6) is 0.229. The van der Waals surface area contributed by atoms with Crippen LogP contribution < -0.4 is 30.7 Å². The standard InChI is InChI=1S/C24H25ClF2N4S2.C23H23ClF2N4S2/c1-2-28-21-5-3-4-17(15-6-8-16(26)9-7-15)18(21)12-29-22-11-20(27)23(10-19(22)25)33-31-24-13-32-14-30-24;1-30(11-17-16(3-2-4-20(17)27)14-5-7-15(25)8-6-14)21-10-19(26)22(9-18(21)24)32-29-23-12-31-13-28-23/h4,6-11,13-14,18,21,28-29,31H,2-3,5,12H2,1H3;3,5-10,12-13,17,20,29H,2,4,11,27H2,1H3. The summed E-state index contributed by atoms with van der Waals surface area (Å²) in [6.45, 7) is 4.07. The lowest BCUT2D eigenvalue weighted by Gasteiger charge is -2.35. The van der Waals surface area contributed by atoms with E-state index in [-0.39, 0.29) is 47.2 Å². The van der Waals surface area contributed by atoms with Crippen molar-refractivity contribution in [2.45, 2.75) is 54.5 Å². The zero-order valence-corrected chi connectivity index (χ0v) is 40.2. The molecule has 342 valence electrons. The first-order valence-electron chi connectivity index (χ1n) is 20.9. The van der Waals surface area contributed by atoms with Gasteiger partial charge in [-0.2, -0.15) is 0 Å². The van der Waals surface area contributed by atoms with Gasteiger partial charge in [0.2, 0.25) is 0 Å². The third kappa shape index (κ3) is 13.0. The van der Waals surface area contributed by atoms with E-state index in [1.807, 2.05) is 34.8 Å². The Hall–Kier alpha value is -4.26. The Labute approximate surface area is 403 Å². The van der Waals surface area contributed by atoms with Gasteiger partial charge in [0, 0.05) is 54.8 Å². The second kappa shape index (κ2) is 23.5. The molecular formula is C47H48Cl2F4N8S4. The first-order chi connectivity index (χ1) is 31.5. The molecule has 4 aromatic carbocycles. The lowest BCUT2D eigenvalue weighted by molar-refractivity contribution is 0.403. The number of hydrogen-bond donors (Lipinski definition) is 5. The van der Waals surface area contributed by atoms with E-state index in [0.29, 0.717) is 55.9 Å². The highest BCUT2D eigenvalue weighted by Crippen LogP contribution is 2.39. The molecule has 8 nitrogen and oxygen atoms in total. The van der Waals surface area contributed by atoms with Crippen molar-refractivity contribution >= 4 is 104 Å². The molecule has 6 N–H and O–H groups in total. The van der Waals surface area contributed by atoms with E-state index in [2.05, 4.69) is 49.1 Å². The van der Waals surface area contributed by atoms with Crippen LogP contribution in [0.1, 0.15) is 43.7 Å². The van der Waals surface area contributed by atoms with E-state index < -0.39 is 0 Å². The minimum atomic E-state index is -0.369. The lowest BCUT2D eigenvalue weighted by Crippen LogP contribution is -2.41. The summed E-state index contributed by atoms with van der Waals surface area (Å²) >= 11 is 18.2. The Balaban J connectivity index is 0.000000194. The van der Waals surface area contributed by atoms with E-state index in [1.54, 1.807) is 35.3 Å². The highest BCUT2D eigenvalue weighted by atomic mass is 35.5. The monoisotopic (exact) mass is 998 g/mol. The summed E-state index contributed by atoms with van der Waals surface area (Å²) in [6, 6.07) is 19.4. The summed E-state index contributed by atoms with van der Waals surface area (Å²) in [5.41, 5.74) is 15.2. The van der Waals surface area contributed by atoms with E-state index >= 15 is 0 Å². The van der Waals surface area contributed by atoms with Gasteiger partial charge in [-0.1, -0.05) is 66.5 Å². The van der Waals surface area contributed by atoms with Crippen LogP contribution in [0.5, 0.6) is 0 Å². The van der Waals surface area contributed by atoms with Gasteiger partial charge in [-0.05, 0) is 127 Å². The van der Waals surface area contributed by atoms with Crippen LogP contribution in [0.25, 0.3) is 11.1 Å². The van der Waals surface area contributed by atoms with E-state index in [4.69, 9.17) is 28.9 Å². The van der Waals surface area contributed by atoms with Crippen molar-refractivity contribution in [1.29, 1.82) is 0 Å². The molecule has 2 heterocycles. The van der Waals surface area contributed by atoms with Crippen LogP contribution >= 0.6 is 69.8 Å². The molecule has 0 amide bonds. The van der Waals surface area contributed by atoms with Crippen molar-refractivity contribution in [1.82, 2.24) is 15.3 Å². The molecule has 0 spiro atoms. The number of hydrogen-bond acceptors (Lipinski definition) is 12. The largest absolute Gasteiger partial charge is 0.383 e. The van der Waals surface area contributed by atoms with Crippen molar-refractivity contribution in [3.8, 4) is 0 Å². The molecular weight excluding hydrogens is 952 g/mol. The SMILES string of the molecule is CCNC1CCC=C(c2ccc(F)cc2)C1CNc1cc(F)c(SNc2cscn2)cc1Cl.CN(CC1C(c2ccc(F)cc2)=CCCC1N)c1cc(F)c(SNc2cscn2)cc1Cl. The second-order valence-corrected chi connectivity index (χ2v) is 19.4. The number of nitrogens with one attached hydrogen (secondary N) is 4. The van der Waals surface area contributed by atoms with Crippen molar-refractivity contribution in [3.05, 3.63) is 151 Å². The summed E-state index contributed by atoms with van der Waals surface area (Å²) in [6.07, 6.45) is 8.09. The van der Waals surface area contributed by atoms with Gasteiger partial charge in [0.25, 0.3) is 0 Å². The normalized spacial score (nSPS) is 18.2. The third-order valence-electron chi connectivity index (χ3n) is 11.1. The van der Waals surface area contributed by atoms with E-state index in [1.165, 1.54) is 59.1 Å². The molecule has 4 atom stereocenters. The molecule has 0 radical (unpaired) electrons. The number of nitrogens with zero attached hydrogens (tertiary/aromatic N) is 3. The minimum Gasteiger partial charge on any atom is -0.383 e. The van der Waals surface area contributed by atoms with E-state index in [0.717, 1.165) is 78.4 Å². The molecule has 0 saturated carbocycles. The maximum Gasteiger partial charge on any atom is 0.147 e. The maximum absolute atomic E-state index is 14.8. The van der Waals surface area contributed by atoms with Crippen molar-refractivity contribution < 1.29 is 17.6 Å². The minimum absolute atomic E-state index is 0.0127. The van der Waals surface area contributed by atoms with Gasteiger partial charge in [0.05, 0.1) is 42.2 Å². The number of benzene rings is 4. The maximum atomic E-state index is 14.8. The topological polar surface area (TPSA) is 103 Å². The van der Waals surface area contributed by atoms with Gasteiger partial charge in [0.1, 0.15) is 34.9 Å². The molecule has 18 heteroatoms. The fourth-order valence-corrected chi connectivity index (χ4v) is 11.0. The first-order valence-corrected chi connectivity index (χ1v) is 25.2. The van der Waals surface area contributed by atoms with Crippen LogP contribution in [0.4, 0.5) is 40.6 Å². The first kappa shape index (κ1) is 48.7. The molecule has 65 heavy (non-hydrogen) atoms. The number of anilines is 4. The highest BCUT2D eigenvalue weighted by molar-refractivity contribution is 8.00. The molecule has 0 bridgehead atoms. The Morgan fingerprint density at radius 3 is 1.83 bits per heavy atom. The lowest BCUT2D eigenvalue weighted by atomic mass is 9.79. The molecule has 0 fully saturated rings. The van der Waals surface area contributed by atoms with E-state index in [9.17, 15) is 17.6 Å². The highest BCUT2D eigenvalue weighted by Gasteiger charge is 2.30. The Kier molecular flexibility index (Phi) is 17.6. The molecule has 0 saturated heterocycles. The van der Waals surface area contributed by atoms with Crippen LogP contribution in [0.15, 0.2) is 117 Å². The molecule has 8 rings (SSSR count). The molecule has 2 aromatic heterocycles. The van der Waals surface area contributed by atoms with Crippen LogP contribution in [0, 0.1) is 35.1 Å². The fraction of sp³-hybridized carbons (Fsp3) is 0.277. The summed E-state index contributed by atoms with van der Waals surface area (Å²) < 4.78 is 62.5. The Bertz CT molecular complexity index is 2530. The number of halogens is 6. The van der Waals surface area contributed by atoms with Gasteiger partial charge in [-0.15, -0.1) is 22.7 Å². The molecule has 0 aliphatic heterocycles. The van der Waals surface area contributed by atoms with Gasteiger partial charge in [0.15, 0.2) is 0 Å².